The van der Waals surface area contributed by atoms with Crippen molar-refractivity contribution in [1.29, 1.82) is 0 Å². The fourth-order valence-corrected chi connectivity index (χ4v) is 2.40. The monoisotopic (exact) mass is 169 g/mol. The third-order valence-electron chi connectivity index (χ3n) is 1.09. The second-order valence-corrected chi connectivity index (χ2v) is 4.98. The summed E-state index contributed by atoms with van der Waals surface area (Å²) in [5.74, 6) is 0.796. The molecule has 0 heterocycles. The van der Waals surface area contributed by atoms with Crippen LogP contribution in [0, 0.1) is 5.92 Å². The summed E-state index contributed by atoms with van der Waals surface area (Å²) < 4.78 is 1.44. The zero-order valence-electron chi connectivity index (χ0n) is 6.23. The van der Waals surface area contributed by atoms with E-state index in [4.69, 9.17) is 0 Å². The third-order valence-corrected chi connectivity index (χ3v) is 2.88. The van der Waals surface area contributed by atoms with Crippen molar-refractivity contribution in [3.8, 4) is 0 Å². The number of hydrogen-bond acceptors (Lipinski definition) is 1. The summed E-state index contributed by atoms with van der Waals surface area (Å²) in [5, 5.41) is 0. The van der Waals surface area contributed by atoms with Crippen LogP contribution >= 0.6 is 0 Å². The van der Waals surface area contributed by atoms with Crippen LogP contribution in [0.25, 0.3) is 0 Å². The van der Waals surface area contributed by atoms with E-state index in [1.807, 2.05) is 7.05 Å². The van der Waals surface area contributed by atoms with Crippen molar-refractivity contribution in [2.75, 3.05) is 7.05 Å². The Morgan fingerprint density at radius 3 is 2.25 bits per heavy atom. The van der Waals surface area contributed by atoms with E-state index < -0.39 is 0 Å². The molecule has 0 radical (unpaired) electrons. The van der Waals surface area contributed by atoms with Crippen LogP contribution in [0.2, 0.25) is 0 Å². The van der Waals surface area contributed by atoms with Gasteiger partial charge in [-0.05, 0) is 0 Å². The first-order chi connectivity index (χ1) is 3.66. The Hall–Kier alpha value is 0.306. The fraction of sp³-hybridized carbons (Fsp3) is 0.833. The fourth-order valence-electron chi connectivity index (χ4n) is 0.682. The van der Waals surface area contributed by atoms with E-state index >= 15 is 0 Å². The normalized spacial score (nSPS) is 12.8. The number of rotatable bonds is 2. The summed E-state index contributed by atoms with van der Waals surface area (Å²) in [5.41, 5.74) is 0. The van der Waals surface area contributed by atoms with Gasteiger partial charge in [-0.2, -0.15) is 0 Å². The Morgan fingerprint density at radius 2 is 2.12 bits per heavy atom. The summed E-state index contributed by atoms with van der Waals surface area (Å²) in [6.45, 7) is 4.47. The van der Waals surface area contributed by atoms with Crippen LogP contribution in [0.5, 0.6) is 0 Å². The van der Waals surface area contributed by atoms with Gasteiger partial charge in [-0.3, -0.25) is 0 Å². The van der Waals surface area contributed by atoms with Gasteiger partial charge in [-0.15, -0.1) is 0 Å². The topological polar surface area (TPSA) is 12.4 Å². The van der Waals surface area contributed by atoms with Crippen molar-refractivity contribution in [1.82, 2.24) is 0 Å². The second-order valence-electron chi connectivity index (χ2n) is 2.56. The van der Waals surface area contributed by atoms with Gasteiger partial charge in [0.05, 0.1) is 0 Å². The van der Waals surface area contributed by atoms with Gasteiger partial charge in [0.15, 0.2) is 0 Å². The average Bonchev–Trinajstić information content (AvgIpc) is 1.65. The molecule has 0 aliphatic rings. The Labute approximate surface area is 61.5 Å². The van der Waals surface area contributed by atoms with Crippen molar-refractivity contribution in [2.24, 2.45) is 10.9 Å². The van der Waals surface area contributed by atoms with Gasteiger partial charge in [-0.1, -0.05) is 0 Å². The summed E-state index contributed by atoms with van der Waals surface area (Å²) >= 11 is 0.812. The van der Waals surface area contributed by atoms with Crippen molar-refractivity contribution in [2.45, 2.75) is 20.3 Å². The predicted molar refractivity (Wildman–Crippen MR) is 41.4 cm³/mol. The van der Waals surface area contributed by atoms with E-state index in [0.717, 1.165) is 24.5 Å². The molecule has 0 saturated heterocycles. The zero-order chi connectivity index (χ0) is 6.57. The number of aliphatic imine (C=N–C) groups is 1. The van der Waals surface area contributed by atoms with Crippen molar-refractivity contribution in [3.63, 3.8) is 0 Å². The summed E-state index contributed by atoms with van der Waals surface area (Å²) in [6, 6.07) is 0. The van der Waals surface area contributed by atoms with Crippen molar-refractivity contribution < 1.29 is 0 Å². The first-order valence-electron chi connectivity index (χ1n) is 3.09. The molecular weight excluding hydrogens is 156 g/mol. The van der Waals surface area contributed by atoms with Gasteiger partial charge >= 0.3 is 61.1 Å². The summed E-state index contributed by atoms with van der Waals surface area (Å²) in [6.07, 6.45) is 1.22. The minimum absolute atomic E-state index is 0.796. The Morgan fingerprint density at radius 1 is 1.62 bits per heavy atom. The van der Waals surface area contributed by atoms with Crippen molar-refractivity contribution in [3.05, 3.63) is 0 Å². The molecule has 0 bridgehead atoms. The van der Waals surface area contributed by atoms with Crippen molar-refractivity contribution >= 4 is 22.9 Å². The van der Waals surface area contributed by atoms with Crippen LogP contribution in [0.4, 0.5) is 0 Å². The molecule has 0 aromatic rings. The summed E-state index contributed by atoms with van der Waals surface area (Å²) in [4.78, 5) is 4.13. The first-order valence-corrected chi connectivity index (χ1v) is 5.19. The van der Waals surface area contributed by atoms with Gasteiger partial charge in [0.1, 0.15) is 0 Å². The molecule has 0 aromatic carbocycles. The van der Waals surface area contributed by atoms with E-state index in [2.05, 4.69) is 18.8 Å². The van der Waals surface area contributed by atoms with Gasteiger partial charge in [0.25, 0.3) is 0 Å². The van der Waals surface area contributed by atoms with Gasteiger partial charge in [0.2, 0.25) is 0 Å². The van der Waals surface area contributed by atoms with E-state index in [1.54, 1.807) is 0 Å². The molecule has 2 heteroatoms. The van der Waals surface area contributed by atoms with Gasteiger partial charge < -0.3 is 0 Å². The molecule has 0 rings (SSSR count). The van der Waals surface area contributed by atoms with E-state index in [-0.39, 0.29) is 0 Å². The van der Waals surface area contributed by atoms with E-state index in [9.17, 15) is 0 Å². The average molecular weight is 170 g/mol. The zero-order valence-corrected chi connectivity index (χ0v) is 10.4. The van der Waals surface area contributed by atoms with Crippen LogP contribution in [0.1, 0.15) is 20.3 Å². The van der Waals surface area contributed by atoms with E-state index in [0.29, 0.717) is 0 Å². The SMILES string of the molecule is CN=[C]([GaH2])CC(C)C. The maximum atomic E-state index is 4.13. The maximum absolute atomic E-state index is 4.13. The molecular formula is C6H14GaN. The molecule has 0 spiro atoms. The van der Waals surface area contributed by atoms with Crippen LogP contribution in [-0.2, 0) is 0 Å². The van der Waals surface area contributed by atoms with Crippen LogP contribution in [-0.4, -0.2) is 29.9 Å². The quantitative estimate of drug-likeness (QED) is 0.427. The Bertz CT molecular complexity index is 86.5. The van der Waals surface area contributed by atoms with Gasteiger partial charge in [-0.25, -0.2) is 0 Å². The molecule has 1 nitrogen and oxygen atoms in total. The van der Waals surface area contributed by atoms with Crippen LogP contribution in [0.3, 0.4) is 0 Å². The van der Waals surface area contributed by atoms with Gasteiger partial charge in [0, 0.05) is 0 Å². The van der Waals surface area contributed by atoms with E-state index in [1.165, 1.54) is 10.7 Å². The molecule has 0 fully saturated rings. The molecule has 0 aliphatic carbocycles. The predicted octanol–water partition coefficient (Wildman–Crippen LogP) is 0.694. The molecule has 0 atom stereocenters. The number of hydrogen-bond donors (Lipinski definition) is 0. The number of nitrogens with zero attached hydrogens (tertiary/aromatic N) is 1. The van der Waals surface area contributed by atoms with Crippen LogP contribution < -0.4 is 0 Å². The molecule has 0 saturated carbocycles. The molecule has 0 unspecified atom stereocenters. The second kappa shape index (κ2) is 4.21. The molecule has 0 aliphatic heterocycles. The third kappa shape index (κ3) is 4.46. The standard InChI is InChI=1S/C6H12N.Ga.2H/c1-6(2)4-5-7-3;;;/h6H,4H2,1-3H3;;;. The molecule has 0 amide bonds. The molecule has 46 valence electrons. The summed E-state index contributed by atoms with van der Waals surface area (Å²) in [7, 11) is 1.89. The molecule has 0 aromatic heterocycles. The Balaban J connectivity index is 3.39. The molecule has 8 heavy (non-hydrogen) atoms. The first kappa shape index (κ1) is 8.31. The minimum atomic E-state index is 0.796. The van der Waals surface area contributed by atoms with Crippen LogP contribution in [0.15, 0.2) is 4.99 Å². The Kier molecular flexibility index (Phi) is 4.37. The molecule has 0 N–H and O–H groups in total.